The molecule has 0 unspecified atom stereocenters. The number of nitrogens with zero attached hydrogens (tertiary/aromatic N) is 2. The fourth-order valence-electron chi connectivity index (χ4n) is 3.39. The van der Waals surface area contributed by atoms with E-state index in [0.29, 0.717) is 0 Å². The number of hydrogen-bond acceptors (Lipinski definition) is 5. The number of rotatable bonds is 6. The molecule has 1 fully saturated rings. The van der Waals surface area contributed by atoms with E-state index in [0.717, 1.165) is 15.4 Å². The lowest BCUT2D eigenvalue weighted by atomic mass is 9.87. The van der Waals surface area contributed by atoms with Crippen LogP contribution in [-0.2, 0) is 31.6 Å². The van der Waals surface area contributed by atoms with Gasteiger partial charge < -0.3 is 10.6 Å². The molecule has 2 heterocycles. The molecule has 0 aliphatic carbocycles. The Bertz CT molecular complexity index is 1030. The summed E-state index contributed by atoms with van der Waals surface area (Å²) in [6, 6.07) is 9.16. The van der Waals surface area contributed by atoms with Crippen LogP contribution in [0.5, 0.6) is 0 Å². The maximum Gasteiger partial charge on any atom is 0.243 e. The van der Waals surface area contributed by atoms with Crippen molar-refractivity contribution < 1.29 is 18.0 Å². The number of amides is 2. The van der Waals surface area contributed by atoms with Crippen molar-refractivity contribution >= 4 is 21.8 Å². The molecule has 1 aliphatic heterocycles. The molecule has 3 rings (SSSR count). The van der Waals surface area contributed by atoms with Crippen LogP contribution in [0.3, 0.4) is 0 Å². The first-order chi connectivity index (χ1) is 14.6. The summed E-state index contributed by atoms with van der Waals surface area (Å²) < 4.78 is 27.7. The highest BCUT2D eigenvalue weighted by molar-refractivity contribution is 7.89. The Morgan fingerprint density at radius 3 is 2.55 bits per heavy atom. The second kappa shape index (κ2) is 9.15. The Hall–Kier alpha value is -2.78. The largest absolute Gasteiger partial charge is 0.353 e. The zero-order valence-electron chi connectivity index (χ0n) is 18.0. The summed E-state index contributed by atoms with van der Waals surface area (Å²) in [5.41, 5.74) is 1.71. The normalized spacial score (nSPS) is 17.8. The zero-order chi connectivity index (χ0) is 22.6. The summed E-state index contributed by atoms with van der Waals surface area (Å²) in [5, 5.41) is 5.38. The Labute approximate surface area is 183 Å². The van der Waals surface area contributed by atoms with Crippen molar-refractivity contribution in [2.24, 2.45) is 0 Å². The third kappa shape index (κ3) is 5.48. The lowest BCUT2D eigenvalue weighted by molar-refractivity contribution is -0.131. The summed E-state index contributed by atoms with van der Waals surface area (Å²) in [5.74, 6) is -0.883. The van der Waals surface area contributed by atoms with Crippen LogP contribution < -0.4 is 10.6 Å². The molecule has 0 radical (unpaired) electrons. The summed E-state index contributed by atoms with van der Waals surface area (Å²) in [6.45, 7) is 6.70. The molecule has 1 saturated heterocycles. The van der Waals surface area contributed by atoms with Crippen LogP contribution in [0, 0.1) is 0 Å². The van der Waals surface area contributed by atoms with E-state index in [2.05, 4.69) is 15.6 Å². The lowest BCUT2D eigenvalue weighted by Gasteiger charge is -2.33. The minimum atomic E-state index is -3.94. The van der Waals surface area contributed by atoms with Gasteiger partial charge in [-0.2, -0.15) is 4.31 Å². The predicted octanol–water partition coefficient (Wildman–Crippen LogP) is 1.57. The maximum absolute atomic E-state index is 13.3. The van der Waals surface area contributed by atoms with Gasteiger partial charge in [0.2, 0.25) is 21.8 Å². The number of carbonyl (C=O) groups is 2. The summed E-state index contributed by atoms with van der Waals surface area (Å²) in [4.78, 5) is 29.0. The van der Waals surface area contributed by atoms with Gasteiger partial charge in [-0.15, -0.1) is 0 Å². The average molecular weight is 445 g/mol. The predicted molar refractivity (Wildman–Crippen MR) is 117 cm³/mol. The first-order valence-electron chi connectivity index (χ1n) is 10.1. The van der Waals surface area contributed by atoms with Gasteiger partial charge in [0.05, 0.1) is 11.3 Å². The number of sulfonamides is 1. The molecule has 2 aromatic rings. The molecule has 2 N–H and O–H groups in total. The highest BCUT2D eigenvalue weighted by Gasteiger charge is 2.39. The standard InChI is InChI=1S/C22H28N4O4S/c1-22(2,3)17-6-8-18(9-7-17)31(29,30)26-12-11-24-21(28)19(26)13-20(27)25-15-16-5-4-10-23-14-16/h4-10,14,19H,11-13,15H2,1-3H3,(H,24,28)(H,25,27)/t19-/m1/s1. The second-order valence-corrected chi connectivity index (χ2v) is 10.4. The SMILES string of the molecule is CC(C)(C)c1ccc(S(=O)(=O)N2CCNC(=O)[C@H]2CC(=O)NCc2cccnc2)cc1. The average Bonchev–Trinajstić information content (AvgIpc) is 2.74. The number of carbonyl (C=O) groups excluding carboxylic acids is 2. The topological polar surface area (TPSA) is 108 Å². The van der Waals surface area contributed by atoms with E-state index in [1.165, 1.54) is 0 Å². The number of hydrogen-bond donors (Lipinski definition) is 2. The molecule has 1 aliphatic rings. The molecule has 1 atom stereocenters. The van der Waals surface area contributed by atoms with Crippen molar-refractivity contribution in [3.05, 3.63) is 59.9 Å². The zero-order valence-corrected chi connectivity index (χ0v) is 18.8. The van der Waals surface area contributed by atoms with E-state index in [9.17, 15) is 18.0 Å². The van der Waals surface area contributed by atoms with Crippen LogP contribution in [-0.4, -0.2) is 48.7 Å². The highest BCUT2D eigenvalue weighted by Crippen LogP contribution is 2.26. The second-order valence-electron chi connectivity index (χ2n) is 8.54. The van der Waals surface area contributed by atoms with Crippen LogP contribution in [0.15, 0.2) is 53.7 Å². The van der Waals surface area contributed by atoms with E-state index in [1.54, 1.807) is 42.7 Å². The Kier molecular flexibility index (Phi) is 6.76. The smallest absolute Gasteiger partial charge is 0.243 e. The van der Waals surface area contributed by atoms with E-state index in [4.69, 9.17) is 0 Å². The molecular weight excluding hydrogens is 416 g/mol. The molecule has 31 heavy (non-hydrogen) atoms. The van der Waals surface area contributed by atoms with Gasteiger partial charge in [0, 0.05) is 32.0 Å². The van der Waals surface area contributed by atoms with E-state index in [1.807, 2.05) is 26.8 Å². The van der Waals surface area contributed by atoms with Gasteiger partial charge in [-0.3, -0.25) is 14.6 Å². The van der Waals surface area contributed by atoms with Gasteiger partial charge in [0.1, 0.15) is 6.04 Å². The molecule has 8 nitrogen and oxygen atoms in total. The monoisotopic (exact) mass is 444 g/mol. The highest BCUT2D eigenvalue weighted by atomic mass is 32.2. The molecule has 1 aromatic heterocycles. The minimum Gasteiger partial charge on any atom is -0.353 e. The van der Waals surface area contributed by atoms with Crippen molar-refractivity contribution in [3.8, 4) is 0 Å². The van der Waals surface area contributed by atoms with E-state index < -0.39 is 27.9 Å². The van der Waals surface area contributed by atoms with Gasteiger partial charge >= 0.3 is 0 Å². The van der Waals surface area contributed by atoms with Crippen molar-refractivity contribution in [1.82, 2.24) is 19.9 Å². The maximum atomic E-state index is 13.3. The Morgan fingerprint density at radius 2 is 1.94 bits per heavy atom. The molecule has 0 bridgehead atoms. The Balaban J connectivity index is 1.76. The van der Waals surface area contributed by atoms with Gasteiger partial charge in [-0.05, 0) is 34.7 Å². The molecule has 1 aromatic carbocycles. The number of nitrogens with one attached hydrogen (secondary N) is 2. The van der Waals surface area contributed by atoms with Gasteiger partial charge in [0.15, 0.2) is 0 Å². The third-order valence-corrected chi connectivity index (χ3v) is 7.12. The fourth-order valence-corrected chi connectivity index (χ4v) is 4.98. The van der Waals surface area contributed by atoms with Crippen molar-refractivity contribution in [3.63, 3.8) is 0 Å². The number of piperazine rings is 1. The molecule has 166 valence electrons. The van der Waals surface area contributed by atoms with Gasteiger partial charge in [0.25, 0.3) is 0 Å². The van der Waals surface area contributed by atoms with Crippen LogP contribution in [0.25, 0.3) is 0 Å². The third-order valence-electron chi connectivity index (χ3n) is 5.20. The van der Waals surface area contributed by atoms with Crippen molar-refractivity contribution in [2.45, 2.75) is 50.1 Å². The molecule has 0 saturated carbocycles. The minimum absolute atomic E-state index is 0.107. The van der Waals surface area contributed by atoms with Crippen molar-refractivity contribution in [2.75, 3.05) is 13.1 Å². The summed E-state index contributed by atoms with van der Waals surface area (Å²) >= 11 is 0. The first kappa shape index (κ1) is 22.9. The molecule has 9 heteroatoms. The molecule has 2 amide bonds. The quantitative estimate of drug-likeness (QED) is 0.703. The molecular formula is C22H28N4O4S. The summed E-state index contributed by atoms with van der Waals surface area (Å²) in [7, 11) is -3.94. The van der Waals surface area contributed by atoms with E-state index >= 15 is 0 Å². The van der Waals surface area contributed by atoms with Crippen LogP contribution in [0.2, 0.25) is 0 Å². The van der Waals surface area contributed by atoms with Crippen molar-refractivity contribution in [1.29, 1.82) is 0 Å². The lowest BCUT2D eigenvalue weighted by Crippen LogP contribution is -2.58. The fraction of sp³-hybridized carbons (Fsp3) is 0.409. The number of pyridine rings is 1. The van der Waals surface area contributed by atoms with Gasteiger partial charge in [-0.25, -0.2) is 8.42 Å². The first-order valence-corrected chi connectivity index (χ1v) is 11.6. The number of benzene rings is 1. The van der Waals surface area contributed by atoms with Crippen LogP contribution in [0.4, 0.5) is 0 Å². The Morgan fingerprint density at radius 1 is 1.23 bits per heavy atom. The van der Waals surface area contributed by atoms with Crippen LogP contribution in [0.1, 0.15) is 38.3 Å². The summed E-state index contributed by atoms with van der Waals surface area (Å²) in [6.07, 6.45) is 3.01. The van der Waals surface area contributed by atoms with Crippen LogP contribution >= 0.6 is 0 Å². The number of aromatic nitrogens is 1. The van der Waals surface area contributed by atoms with E-state index in [-0.39, 0.29) is 36.4 Å². The van der Waals surface area contributed by atoms with Gasteiger partial charge in [-0.1, -0.05) is 39.0 Å². The molecule has 0 spiro atoms.